The fourth-order valence-electron chi connectivity index (χ4n) is 6.31. The smallest absolute Gasteiger partial charge is 0.487 e. The minimum atomic E-state index is -4.87. The van der Waals surface area contributed by atoms with E-state index in [0.29, 0.717) is 22.6 Å². The predicted octanol–water partition coefficient (Wildman–Crippen LogP) is 7.27. The predicted molar refractivity (Wildman–Crippen MR) is 193 cm³/mol. The number of hydrogen-bond donors (Lipinski definition) is 4. The van der Waals surface area contributed by atoms with E-state index < -0.39 is 45.1 Å². The van der Waals surface area contributed by atoms with Gasteiger partial charge in [-0.3, -0.25) is 9.42 Å². The fraction of sp³-hybridized carbons (Fsp3) is 0.595. The Morgan fingerprint density at radius 2 is 1.75 bits per heavy atom. The second kappa shape index (κ2) is 16.7. The second-order valence-corrected chi connectivity index (χ2v) is 15.7. The Morgan fingerprint density at radius 3 is 2.39 bits per heavy atom. The van der Waals surface area contributed by atoms with E-state index in [0.717, 1.165) is 62.3 Å². The van der Waals surface area contributed by atoms with Gasteiger partial charge in [0.15, 0.2) is 6.10 Å². The zero-order valence-corrected chi connectivity index (χ0v) is 31.6. The molecule has 2 unspecified atom stereocenters. The van der Waals surface area contributed by atoms with Gasteiger partial charge >= 0.3 is 13.7 Å². The lowest BCUT2D eigenvalue weighted by molar-refractivity contribution is -0.186. The van der Waals surface area contributed by atoms with Crippen molar-refractivity contribution < 1.29 is 47.0 Å². The van der Waals surface area contributed by atoms with Gasteiger partial charge in [-0.2, -0.15) is 8.78 Å². The Bertz CT molecular complexity index is 1620. The molecule has 1 aromatic carbocycles. The van der Waals surface area contributed by atoms with Gasteiger partial charge in [-0.15, -0.1) is 0 Å². The summed E-state index contributed by atoms with van der Waals surface area (Å²) in [7, 11) is -4.87. The van der Waals surface area contributed by atoms with Gasteiger partial charge in [0, 0.05) is 6.20 Å². The summed E-state index contributed by atoms with van der Waals surface area (Å²) < 4.78 is 65.2. The van der Waals surface area contributed by atoms with Crippen LogP contribution in [0.25, 0.3) is 0 Å². The molecule has 1 aromatic rings. The van der Waals surface area contributed by atoms with Crippen molar-refractivity contribution in [1.82, 2.24) is 4.90 Å². The summed E-state index contributed by atoms with van der Waals surface area (Å²) in [5.41, 5.74) is 11.4. The molecule has 1 saturated heterocycles. The lowest BCUT2D eigenvalue weighted by Crippen LogP contribution is -2.51. The number of halogens is 2. The molecule has 3 aliphatic rings. The molecule has 4 rings (SSSR count). The van der Waals surface area contributed by atoms with Gasteiger partial charge in [-0.25, -0.2) is 9.56 Å². The summed E-state index contributed by atoms with van der Waals surface area (Å²) in [6.07, 6.45) is 8.42. The lowest BCUT2D eigenvalue weighted by Gasteiger charge is -2.37. The van der Waals surface area contributed by atoms with Crippen molar-refractivity contribution in [2.45, 2.75) is 136 Å². The minimum Gasteiger partial charge on any atom is -0.487 e. The van der Waals surface area contributed by atoms with Gasteiger partial charge in [0.1, 0.15) is 29.0 Å². The lowest BCUT2D eigenvalue weighted by atomic mass is 9.87. The van der Waals surface area contributed by atoms with Crippen LogP contribution in [0.5, 0.6) is 11.5 Å². The molecule has 0 spiro atoms. The SMILES string of the molecule is CC(C)=CCC/C(C)=C/CC/C(C)=C/CC[C@]1(C)CCc2cc(OP(=O)(O)OC[C@H]3O[C@@H](N4C=CC(N)=NC4O)C(F)(F)[C@@H]3O)c(C)c(C)c2O1. The van der Waals surface area contributed by atoms with Crippen molar-refractivity contribution in [3.8, 4) is 11.5 Å². The zero-order chi connectivity index (χ0) is 37.7. The van der Waals surface area contributed by atoms with E-state index in [1.807, 2.05) is 6.92 Å². The molecule has 3 heterocycles. The molecule has 0 amide bonds. The van der Waals surface area contributed by atoms with Crippen LogP contribution in [0, 0.1) is 13.8 Å². The summed E-state index contributed by atoms with van der Waals surface area (Å²) in [4.78, 5) is 14.8. The molecule has 14 heteroatoms. The first kappa shape index (κ1) is 40.7. The van der Waals surface area contributed by atoms with E-state index in [1.54, 1.807) is 13.0 Å². The molecule has 1 fully saturated rings. The first-order valence-electron chi connectivity index (χ1n) is 17.4. The number of fused-ring (bicyclic) bond motifs is 1. The third-order valence-corrected chi connectivity index (χ3v) is 10.5. The van der Waals surface area contributed by atoms with Crippen LogP contribution in [0.3, 0.4) is 0 Å². The topological polar surface area (TPSA) is 156 Å². The number of ether oxygens (including phenoxy) is 2. The van der Waals surface area contributed by atoms with Crippen molar-refractivity contribution >= 4 is 13.7 Å². The number of benzene rings is 1. The van der Waals surface area contributed by atoms with Crippen molar-refractivity contribution in [2.24, 2.45) is 10.7 Å². The zero-order valence-electron chi connectivity index (χ0n) is 30.7. The molecular weight excluding hydrogens is 683 g/mol. The van der Waals surface area contributed by atoms with E-state index >= 15 is 0 Å². The summed E-state index contributed by atoms with van der Waals surface area (Å²) in [5.74, 6) is -3.16. The Labute approximate surface area is 300 Å². The number of alkyl halides is 2. The van der Waals surface area contributed by atoms with Crippen molar-refractivity contribution in [1.29, 1.82) is 0 Å². The quantitative estimate of drug-likeness (QED) is 0.107. The van der Waals surface area contributed by atoms with E-state index in [-0.39, 0.29) is 17.2 Å². The molecule has 6 atom stereocenters. The number of aliphatic hydroxyl groups is 2. The standard InChI is InChI=1S/C37H54F2N3O8P/c1-23(2)11-8-12-24(3)13-9-14-25(4)15-10-18-36(7)19-16-28-21-29(26(5)27(6)32(28)49-36)50-51(45,46)47-22-30-33(43)37(38,39)34(48-30)42-20-17-31(40)41-35(42)44/h11,13,15,17,20-21,30,33-35,43-44H,8-10,12,14,16,18-19,22H2,1-7H3,(H2,40,41)(H,45,46)/b24-13+,25-15+/t30-,33-,34-,35?,36-/m1/s1. The first-order chi connectivity index (χ1) is 23.8. The number of aliphatic hydroxyl groups excluding tert-OH is 2. The van der Waals surface area contributed by atoms with E-state index in [1.165, 1.54) is 22.8 Å². The van der Waals surface area contributed by atoms with Crippen LogP contribution in [-0.2, 0) is 20.2 Å². The number of aliphatic imine (C=N–C) groups is 1. The Kier molecular flexibility index (Phi) is 13.4. The first-order valence-corrected chi connectivity index (χ1v) is 18.9. The molecule has 0 aromatic heterocycles. The van der Waals surface area contributed by atoms with Gasteiger partial charge < -0.3 is 34.8 Å². The highest BCUT2D eigenvalue weighted by Crippen LogP contribution is 2.50. The van der Waals surface area contributed by atoms with Crippen molar-refractivity contribution in [3.63, 3.8) is 0 Å². The molecule has 0 radical (unpaired) electrons. The van der Waals surface area contributed by atoms with Gasteiger partial charge in [-0.05, 0) is 129 Å². The molecule has 5 N–H and O–H groups in total. The number of phosphoric acid groups is 1. The highest BCUT2D eigenvalue weighted by molar-refractivity contribution is 7.47. The van der Waals surface area contributed by atoms with Gasteiger partial charge in [0.2, 0.25) is 12.6 Å². The van der Waals surface area contributed by atoms with E-state index in [2.05, 4.69) is 57.8 Å². The summed E-state index contributed by atoms with van der Waals surface area (Å²) in [5, 5.41) is 20.4. The molecule has 3 aliphatic heterocycles. The van der Waals surface area contributed by atoms with Crippen LogP contribution in [0.4, 0.5) is 8.78 Å². The van der Waals surface area contributed by atoms with Crippen molar-refractivity contribution in [2.75, 3.05) is 6.61 Å². The highest BCUT2D eigenvalue weighted by Gasteiger charge is 2.61. The van der Waals surface area contributed by atoms with Crippen LogP contribution in [0.15, 0.2) is 58.3 Å². The third-order valence-electron chi connectivity index (χ3n) is 9.64. The average molecular weight is 738 g/mol. The number of nitrogens with zero attached hydrogens (tertiary/aromatic N) is 2. The molecule has 0 saturated carbocycles. The normalized spacial score (nSPS) is 27.4. The van der Waals surface area contributed by atoms with Crippen LogP contribution >= 0.6 is 7.82 Å². The molecule has 0 aliphatic carbocycles. The number of rotatable bonds is 15. The van der Waals surface area contributed by atoms with E-state index in [4.69, 9.17) is 24.3 Å². The number of phosphoric ester groups is 1. The van der Waals surface area contributed by atoms with Crippen molar-refractivity contribution in [3.05, 3.63) is 70.0 Å². The maximum Gasteiger partial charge on any atom is 0.527 e. The van der Waals surface area contributed by atoms with Crippen LogP contribution in [0.2, 0.25) is 0 Å². The summed E-state index contributed by atoms with van der Waals surface area (Å²) >= 11 is 0. The Hall–Kier alpha value is -3.06. The molecule has 284 valence electrons. The van der Waals surface area contributed by atoms with E-state index in [9.17, 15) is 28.5 Å². The molecule has 51 heavy (non-hydrogen) atoms. The number of aryl methyl sites for hydroxylation is 1. The minimum absolute atomic E-state index is 0.0822. The number of amidine groups is 1. The maximum absolute atomic E-state index is 14.9. The maximum atomic E-state index is 14.9. The molecular formula is C37H54F2N3O8P. The summed E-state index contributed by atoms with van der Waals surface area (Å²) in [6.45, 7) is 13.4. The van der Waals surface area contributed by atoms with Gasteiger partial charge in [0.05, 0.1) is 6.61 Å². The van der Waals surface area contributed by atoms with Gasteiger partial charge in [0.25, 0.3) is 0 Å². The Morgan fingerprint density at radius 1 is 1.10 bits per heavy atom. The monoisotopic (exact) mass is 737 g/mol. The fourth-order valence-corrected chi connectivity index (χ4v) is 7.14. The number of hydrogen-bond acceptors (Lipinski definition) is 10. The van der Waals surface area contributed by atoms with Crippen LogP contribution in [-0.4, -0.2) is 68.8 Å². The average Bonchev–Trinajstić information content (AvgIpc) is 3.26. The second-order valence-electron chi connectivity index (χ2n) is 14.3. The molecule has 11 nitrogen and oxygen atoms in total. The molecule has 0 bridgehead atoms. The third kappa shape index (κ3) is 10.5. The largest absolute Gasteiger partial charge is 0.527 e. The van der Waals surface area contributed by atoms with Gasteiger partial charge in [-0.1, -0.05) is 34.9 Å². The van der Waals surface area contributed by atoms with Crippen LogP contribution < -0.4 is 15.0 Å². The summed E-state index contributed by atoms with van der Waals surface area (Å²) in [6, 6.07) is 1.64. The highest BCUT2D eigenvalue weighted by atomic mass is 31.2. The van der Waals surface area contributed by atoms with Crippen LogP contribution in [0.1, 0.15) is 96.3 Å². The number of allylic oxidation sites excluding steroid dienone is 6. The number of nitrogens with two attached hydrogens (primary N) is 1. The Balaban J connectivity index is 1.32.